The lowest BCUT2D eigenvalue weighted by atomic mass is 9.80. The van der Waals surface area contributed by atoms with E-state index < -0.39 is 9.84 Å². The van der Waals surface area contributed by atoms with Gasteiger partial charge >= 0.3 is 0 Å². The molecule has 1 saturated carbocycles. The van der Waals surface area contributed by atoms with Crippen molar-refractivity contribution in [3.63, 3.8) is 0 Å². The van der Waals surface area contributed by atoms with Crippen molar-refractivity contribution in [3.05, 3.63) is 23.8 Å². The van der Waals surface area contributed by atoms with Crippen LogP contribution >= 0.6 is 0 Å². The summed E-state index contributed by atoms with van der Waals surface area (Å²) in [6, 6.07) is 5.78. The van der Waals surface area contributed by atoms with Gasteiger partial charge in [0.1, 0.15) is 0 Å². The molecule has 0 bridgehead atoms. The molecule has 1 aliphatic carbocycles. The third-order valence-corrected chi connectivity index (χ3v) is 5.52. The van der Waals surface area contributed by atoms with Crippen LogP contribution in [0, 0.1) is 18.8 Å². The first kappa shape index (κ1) is 15.4. The highest BCUT2D eigenvalue weighted by Gasteiger charge is 2.25. The molecule has 1 N–H and O–H groups in total. The van der Waals surface area contributed by atoms with Crippen molar-refractivity contribution >= 4 is 15.5 Å². The second-order valence-corrected chi connectivity index (χ2v) is 8.41. The van der Waals surface area contributed by atoms with Crippen molar-refractivity contribution < 1.29 is 8.42 Å². The van der Waals surface area contributed by atoms with Gasteiger partial charge in [-0.1, -0.05) is 19.9 Å². The summed E-state index contributed by atoms with van der Waals surface area (Å²) in [6.07, 6.45) is 4.90. The van der Waals surface area contributed by atoms with E-state index >= 15 is 0 Å². The molecule has 2 rings (SSSR count). The molecule has 1 aromatic carbocycles. The Balaban J connectivity index is 2.21. The Labute approximate surface area is 122 Å². The van der Waals surface area contributed by atoms with Gasteiger partial charge in [0.25, 0.3) is 0 Å². The van der Waals surface area contributed by atoms with Crippen LogP contribution in [0.2, 0.25) is 0 Å². The molecule has 1 aromatic rings. The van der Waals surface area contributed by atoms with Gasteiger partial charge in [-0.3, -0.25) is 0 Å². The van der Waals surface area contributed by atoms with Crippen LogP contribution in [-0.2, 0) is 9.84 Å². The molecule has 0 amide bonds. The van der Waals surface area contributed by atoms with Crippen molar-refractivity contribution in [2.24, 2.45) is 11.8 Å². The van der Waals surface area contributed by atoms with E-state index in [2.05, 4.69) is 19.2 Å². The van der Waals surface area contributed by atoms with E-state index in [4.69, 9.17) is 0 Å². The van der Waals surface area contributed by atoms with Crippen LogP contribution in [0.1, 0.15) is 38.7 Å². The molecule has 3 unspecified atom stereocenters. The fourth-order valence-corrected chi connectivity index (χ4v) is 3.71. The van der Waals surface area contributed by atoms with Gasteiger partial charge in [0, 0.05) is 18.0 Å². The van der Waals surface area contributed by atoms with Gasteiger partial charge in [-0.05, 0) is 55.7 Å². The number of rotatable bonds is 3. The van der Waals surface area contributed by atoms with Crippen LogP contribution in [0.4, 0.5) is 5.69 Å². The van der Waals surface area contributed by atoms with Crippen LogP contribution in [0.3, 0.4) is 0 Å². The van der Waals surface area contributed by atoms with E-state index in [0.29, 0.717) is 16.9 Å². The SMILES string of the molecule is Cc1ccc(S(C)(=O)=O)cc1NC1CCC(C)CC1C. The second kappa shape index (κ2) is 5.76. The first-order valence-corrected chi connectivity index (χ1v) is 9.23. The van der Waals surface area contributed by atoms with Crippen molar-refractivity contribution in [2.75, 3.05) is 11.6 Å². The quantitative estimate of drug-likeness (QED) is 0.926. The molecule has 0 radical (unpaired) electrons. The third-order valence-electron chi connectivity index (χ3n) is 4.41. The normalized spacial score (nSPS) is 27.3. The molecule has 1 fully saturated rings. The number of hydrogen-bond acceptors (Lipinski definition) is 3. The highest BCUT2D eigenvalue weighted by atomic mass is 32.2. The number of anilines is 1. The fraction of sp³-hybridized carbons (Fsp3) is 0.625. The molecule has 1 aliphatic rings. The Kier molecular flexibility index (Phi) is 4.43. The topological polar surface area (TPSA) is 46.2 Å². The third kappa shape index (κ3) is 3.54. The molecule has 20 heavy (non-hydrogen) atoms. The fourth-order valence-electron chi connectivity index (χ4n) is 3.07. The molecule has 4 heteroatoms. The van der Waals surface area contributed by atoms with E-state index in [1.807, 2.05) is 13.0 Å². The Morgan fingerprint density at radius 2 is 1.90 bits per heavy atom. The molecule has 0 spiro atoms. The molecule has 0 aliphatic heterocycles. The van der Waals surface area contributed by atoms with E-state index in [1.54, 1.807) is 12.1 Å². The lowest BCUT2D eigenvalue weighted by Gasteiger charge is -2.34. The minimum atomic E-state index is -3.15. The molecule has 0 saturated heterocycles. The smallest absolute Gasteiger partial charge is 0.175 e. The van der Waals surface area contributed by atoms with Gasteiger partial charge in [0.2, 0.25) is 0 Å². The van der Waals surface area contributed by atoms with Crippen molar-refractivity contribution in [1.29, 1.82) is 0 Å². The zero-order chi connectivity index (χ0) is 14.9. The highest BCUT2D eigenvalue weighted by Crippen LogP contribution is 2.32. The lowest BCUT2D eigenvalue weighted by molar-refractivity contribution is 0.276. The van der Waals surface area contributed by atoms with Gasteiger partial charge in [-0.25, -0.2) is 8.42 Å². The molecule has 0 heterocycles. The Morgan fingerprint density at radius 3 is 2.50 bits per heavy atom. The summed E-state index contributed by atoms with van der Waals surface area (Å²) in [5.74, 6) is 1.42. The molecule has 112 valence electrons. The highest BCUT2D eigenvalue weighted by molar-refractivity contribution is 7.90. The Bertz CT molecular complexity index is 580. The van der Waals surface area contributed by atoms with Crippen LogP contribution in [0.15, 0.2) is 23.1 Å². The molecular weight excluding hydrogens is 270 g/mol. The van der Waals surface area contributed by atoms with Gasteiger partial charge in [0.15, 0.2) is 9.84 Å². The second-order valence-electron chi connectivity index (χ2n) is 6.40. The van der Waals surface area contributed by atoms with Gasteiger partial charge < -0.3 is 5.32 Å². The average Bonchev–Trinajstić information content (AvgIpc) is 2.33. The maximum Gasteiger partial charge on any atom is 0.175 e. The number of sulfone groups is 1. The number of aryl methyl sites for hydroxylation is 1. The lowest BCUT2D eigenvalue weighted by Crippen LogP contribution is -2.33. The molecule has 3 nitrogen and oxygen atoms in total. The summed E-state index contributed by atoms with van der Waals surface area (Å²) in [5, 5.41) is 3.57. The van der Waals surface area contributed by atoms with Crippen LogP contribution < -0.4 is 5.32 Å². The van der Waals surface area contributed by atoms with E-state index in [-0.39, 0.29) is 0 Å². The zero-order valence-corrected chi connectivity index (χ0v) is 13.6. The van der Waals surface area contributed by atoms with Crippen LogP contribution in [0.25, 0.3) is 0 Å². The number of benzene rings is 1. The summed E-state index contributed by atoms with van der Waals surface area (Å²) in [4.78, 5) is 0.391. The predicted molar refractivity (Wildman–Crippen MR) is 83.9 cm³/mol. The standard InChI is InChI=1S/C16H25NO2S/c1-11-5-8-15(13(3)9-11)17-16-10-14(20(4,18)19)7-6-12(16)2/h6-7,10-11,13,15,17H,5,8-9H2,1-4H3. The van der Waals surface area contributed by atoms with Crippen molar-refractivity contribution in [3.8, 4) is 0 Å². The first-order valence-electron chi connectivity index (χ1n) is 7.34. The summed E-state index contributed by atoms with van der Waals surface area (Å²) in [5.41, 5.74) is 2.06. The van der Waals surface area contributed by atoms with Crippen molar-refractivity contribution in [1.82, 2.24) is 0 Å². The summed E-state index contributed by atoms with van der Waals surface area (Å²) in [6.45, 7) is 6.61. The van der Waals surface area contributed by atoms with Gasteiger partial charge in [0.05, 0.1) is 4.90 Å². The molecule has 3 atom stereocenters. The minimum Gasteiger partial charge on any atom is -0.382 e. The zero-order valence-electron chi connectivity index (χ0n) is 12.8. The Morgan fingerprint density at radius 1 is 1.20 bits per heavy atom. The maximum atomic E-state index is 11.7. The van der Waals surface area contributed by atoms with E-state index in [9.17, 15) is 8.42 Å². The largest absolute Gasteiger partial charge is 0.382 e. The predicted octanol–water partition coefficient (Wildman–Crippen LogP) is 3.64. The Hall–Kier alpha value is -1.03. The maximum absolute atomic E-state index is 11.7. The summed E-state index contributed by atoms with van der Waals surface area (Å²) in [7, 11) is -3.15. The summed E-state index contributed by atoms with van der Waals surface area (Å²) < 4.78 is 23.3. The first-order chi connectivity index (χ1) is 9.27. The molecular formula is C16H25NO2S. The van der Waals surface area contributed by atoms with Gasteiger partial charge in [-0.2, -0.15) is 0 Å². The minimum absolute atomic E-state index is 0.391. The van der Waals surface area contributed by atoms with Crippen LogP contribution in [-0.4, -0.2) is 20.7 Å². The summed E-state index contributed by atoms with van der Waals surface area (Å²) >= 11 is 0. The number of nitrogens with one attached hydrogen (secondary N) is 1. The average molecular weight is 295 g/mol. The van der Waals surface area contributed by atoms with E-state index in [0.717, 1.165) is 23.6 Å². The van der Waals surface area contributed by atoms with Crippen molar-refractivity contribution in [2.45, 2.75) is 51.0 Å². The van der Waals surface area contributed by atoms with Gasteiger partial charge in [-0.15, -0.1) is 0 Å². The number of hydrogen-bond donors (Lipinski definition) is 1. The van der Waals surface area contributed by atoms with Crippen LogP contribution in [0.5, 0.6) is 0 Å². The monoisotopic (exact) mass is 295 g/mol. The molecule has 0 aromatic heterocycles. The van der Waals surface area contributed by atoms with E-state index in [1.165, 1.54) is 19.1 Å².